The summed E-state index contributed by atoms with van der Waals surface area (Å²) in [7, 11) is -1.96. The van der Waals surface area contributed by atoms with Gasteiger partial charge in [-0.3, -0.25) is 0 Å². The van der Waals surface area contributed by atoms with Gasteiger partial charge < -0.3 is 10.5 Å². The molecule has 7 heteroatoms. The monoisotopic (exact) mass is 348 g/mol. The van der Waals surface area contributed by atoms with Crippen molar-refractivity contribution in [2.45, 2.75) is 23.8 Å². The fourth-order valence-corrected chi connectivity index (χ4v) is 4.22. The van der Waals surface area contributed by atoms with Crippen LogP contribution in [0, 0.1) is 0 Å². The van der Waals surface area contributed by atoms with Gasteiger partial charge in [0.1, 0.15) is 5.75 Å². The largest absolute Gasteiger partial charge is 0.497 e. The smallest absolute Gasteiger partial charge is 0.243 e. The number of hydrogen-bond acceptors (Lipinski definition) is 4. The average Bonchev–Trinajstić information content (AvgIpc) is 2.38. The van der Waals surface area contributed by atoms with Gasteiger partial charge in [0.15, 0.2) is 0 Å². The van der Waals surface area contributed by atoms with Gasteiger partial charge in [0.2, 0.25) is 10.0 Å². The summed E-state index contributed by atoms with van der Waals surface area (Å²) < 4.78 is 32.3. The van der Waals surface area contributed by atoms with E-state index in [1.807, 2.05) is 0 Å². The van der Waals surface area contributed by atoms with Gasteiger partial charge in [-0.25, -0.2) is 8.42 Å². The number of rotatable bonds is 3. The lowest BCUT2D eigenvalue weighted by atomic mass is 10.1. The first-order valence-corrected chi connectivity index (χ1v) is 8.27. The Morgan fingerprint density at radius 3 is 2.53 bits per heavy atom. The zero-order valence-corrected chi connectivity index (χ0v) is 13.1. The molecule has 1 saturated heterocycles. The number of piperidine rings is 1. The number of halogens is 1. The van der Waals surface area contributed by atoms with E-state index >= 15 is 0 Å². The van der Waals surface area contributed by atoms with Crippen molar-refractivity contribution >= 4 is 26.0 Å². The maximum Gasteiger partial charge on any atom is 0.243 e. The van der Waals surface area contributed by atoms with Crippen LogP contribution in [0.3, 0.4) is 0 Å². The fraction of sp³-hybridized carbons (Fsp3) is 0.500. The molecule has 0 saturated carbocycles. The van der Waals surface area contributed by atoms with Crippen LogP contribution in [0.1, 0.15) is 12.8 Å². The maximum atomic E-state index is 12.5. The molecule has 106 valence electrons. The lowest BCUT2D eigenvalue weighted by Crippen LogP contribution is -2.42. The lowest BCUT2D eigenvalue weighted by molar-refractivity contribution is 0.320. The Labute approximate surface area is 121 Å². The summed E-state index contributed by atoms with van der Waals surface area (Å²) in [6.07, 6.45) is 1.40. The highest BCUT2D eigenvalue weighted by atomic mass is 79.9. The summed E-state index contributed by atoms with van der Waals surface area (Å²) in [6, 6.07) is 4.95. The van der Waals surface area contributed by atoms with Crippen LogP contribution in [0.15, 0.2) is 27.6 Å². The second kappa shape index (κ2) is 5.78. The Bertz CT molecular complexity index is 554. The van der Waals surface area contributed by atoms with E-state index in [2.05, 4.69) is 15.9 Å². The Morgan fingerprint density at radius 2 is 1.95 bits per heavy atom. The summed E-state index contributed by atoms with van der Waals surface area (Å²) in [5.41, 5.74) is 5.80. The van der Waals surface area contributed by atoms with Crippen LogP contribution >= 0.6 is 15.9 Å². The van der Waals surface area contributed by atoms with Crippen molar-refractivity contribution in [2.24, 2.45) is 5.73 Å². The molecule has 0 spiro atoms. The van der Waals surface area contributed by atoms with Crippen molar-refractivity contribution in [3.05, 3.63) is 22.7 Å². The van der Waals surface area contributed by atoms with Gasteiger partial charge in [0, 0.05) is 29.7 Å². The third-order valence-corrected chi connectivity index (χ3v) is 5.55. The van der Waals surface area contributed by atoms with Gasteiger partial charge in [0.25, 0.3) is 0 Å². The van der Waals surface area contributed by atoms with E-state index in [0.717, 1.165) is 0 Å². The summed E-state index contributed by atoms with van der Waals surface area (Å²) in [5, 5.41) is 0. The predicted octanol–water partition coefficient (Wildman–Crippen LogP) is 1.57. The summed E-state index contributed by atoms with van der Waals surface area (Å²) >= 11 is 3.30. The molecule has 0 amide bonds. The van der Waals surface area contributed by atoms with Crippen LogP contribution in [0.4, 0.5) is 0 Å². The lowest BCUT2D eigenvalue weighted by Gasteiger charge is -2.29. The molecule has 1 aromatic carbocycles. The molecular weight excluding hydrogens is 332 g/mol. The van der Waals surface area contributed by atoms with E-state index in [9.17, 15) is 8.42 Å². The van der Waals surface area contributed by atoms with Crippen molar-refractivity contribution in [1.82, 2.24) is 4.31 Å². The second-order valence-corrected chi connectivity index (χ2v) is 7.42. The van der Waals surface area contributed by atoms with Gasteiger partial charge in [0.05, 0.1) is 12.0 Å². The Hall–Kier alpha value is -0.630. The molecule has 0 radical (unpaired) electrons. The zero-order chi connectivity index (χ0) is 14.0. The highest BCUT2D eigenvalue weighted by Gasteiger charge is 2.28. The van der Waals surface area contributed by atoms with Crippen molar-refractivity contribution in [3.8, 4) is 5.75 Å². The molecule has 0 aromatic heterocycles. The van der Waals surface area contributed by atoms with Gasteiger partial charge in [-0.1, -0.05) is 15.9 Å². The van der Waals surface area contributed by atoms with Gasteiger partial charge in [-0.05, 0) is 25.0 Å². The molecule has 1 aliphatic rings. The molecular formula is C12H17BrN2O3S. The van der Waals surface area contributed by atoms with Gasteiger partial charge >= 0.3 is 0 Å². The number of nitrogens with zero attached hydrogens (tertiary/aromatic N) is 1. The van der Waals surface area contributed by atoms with Crippen molar-refractivity contribution < 1.29 is 13.2 Å². The SMILES string of the molecule is COc1cc(Br)cc(S(=O)(=O)N2CCC(N)CC2)c1. The number of nitrogens with two attached hydrogens (primary N) is 1. The third kappa shape index (κ3) is 3.28. The summed E-state index contributed by atoms with van der Waals surface area (Å²) in [5.74, 6) is 0.515. The molecule has 2 N–H and O–H groups in total. The van der Waals surface area contributed by atoms with Crippen LogP contribution in [0.5, 0.6) is 5.75 Å². The van der Waals surface area contributed by atoms with Crippen molar-refractivity contribution in [1.29, 1.82) is 0 Å². The van der Waals surface area contributed by atoms with Crippen LogP contribution in [0.25, 0.3) is 0 Å². The van der Waals surface area contributed by atoms with Crippen LogP contribution in [-0.2, 0) is 10.0 Å². The molecule has 0 unspecified atom stereocenters. The first-order valence-electron chi connectivity index (χ1n) is 6.04. The number of hydrogen-bond donors (Lipinski definition) is 1. The minimum absolute atomic E-state index is 0.100. The molecule has 1 aromatic rings. The quantitative estimate of drug-likeness (QED) is 0.899. The molecule has 19 heavy (non-hydrogen) atoms. The standard InChI is InChI=1S/C12H17BrN2O3S/c1-18-11-6-9(13)7-12(8-11)19(16,17)15-4-2-10(14)3-5-15/h6-8,10H,2-5,14H2,1H3. The number of benzene rings is 1. The van der Waals surface area contributed by atoms with Crippen molar-refractivity contribution in [2.75, 3.05) is 20.2 Å². The first-order chi connectivity index (χ1) is 8.93. The highest BCUT2D eigenvalue weighted by molar-refractivity contribution is 9.10. The highest BCUT2D eigenvalue weighted by Crippen LogP contribution is 2.27. The topological polar surface area (TPSA) is 72.6 Å². The van der Waals surface area contributed by atoms with Crippen LogP contribution in [-0.4, -0.2) is 39.0 Å². The van der Waals surface area contributed by atoms with E-state index in [1.54, 1.807) is 12.1 Å². The zero-order valence-electron chi connectivity index (χ0n) is 10.7. The van der Waals surface area contributed by atoms with E-state index in [-0.39, 0.29) is 10.9 Å². The predicted molar refractivity (Wildman–Crippen MR) is 76.7 cm³/mol. The minimum atomic E-state index is -3.47. The first kappa shape index (κ1) is 14.8. The molecule has 0 atom stereocenters. The van der Waals surface area contributed by atoms with Gasteiger partial charge in [-0.2, -0.15) is 4.31 Å². The Balaban J connectivity index is 2.31. The fourth-order valence-electron chi connectivity index (χ4n) is 2.07. The molecule has 1 aliphatic heterocycles. The average molecular weight is 349 g/mol. The van der Waals surface area contributed by atoms with E-state index in [4.69, 9.17) is 10.5 Å². The Morgan fingerprint density at radius 1 is 1.32 bits per heavy atom. The third-order valence-electron chi connectivity index (χ3n) is 3.22. The molecule has 0 aliphatic carbocycles. The minimum Gasteiger partial charge on any atom is -0.497 e. The Kier molecular flexibility index (Phi) is 4.50. The number of sulfonamides is 1. The molecule has 0 bridgehead atoms. The van der Waals surface area contributed by atoms with Crippen molar-refractivity contribution in [3.63, 3.8) is 0 Å². The second-order valence-electron chi connectivity index (χ2n) is 4.57. The van der Waals surface area contributed by atoms with Gasteiger partial charge in [-0.15, -0.1) is 0 Å². The molecule has 2 rings (SSSR count). The maximum absolute atomic E-state index is 12.5. The van der Waals surface area contributed by atoms with E-state index in [0.29, 0.717) is 36.2 Å². The normalized spacial score (nSPS) is 18.5. The van der Waals surface area contributed by atoms with E-state index in [1.165, 1.54) is 17.5 Å². The summed E-state index contributed by atoms with van der Waals surface area (Å²) in [4.78, 5) is 0.245. The molecule has 5 nitrogen and oxygen atoms in total. The number of methoxy groups -OCH3 is 1. The van der Waals surface area contributed by atoms with Crippen LogP contribution in [0.2, 0.25) is 0 Å². The van der Waals surface area contributed by atoms with E-state index < -0.39 is 10.0 Å². The molecule has 1 fully saturated rings. The number of ether oxygens (including phenoxy) is 1. The van der Waals surface area contributed by atoms with Crippen LogP contribution < -0.4 is 10.5 Å². The molecule has 1 heterocycles. The summed E-state index contributed by atoms with van der Waals surface area (Å²) in [6.45, 7) is 0.941.